The van der Waals surface area contributed by atoms with E-state index in [0.717, 1.165) is 40.0 Å². The van der Waals surface area contributed by atoms with Crippen LogP contribution in [0.4, 0.5) is 5.13 Å². The third kappa shape index (κ3) is 5.74. The van der Waals surface area contributed by atoms with Gasteiger partial charge in [-0.1, -0.05) is 30.3 Å². The minimum Gasteiger partial charge on any atom is -0.492 e. The van der Waals surface area contributed by atoms with Crippen LogP contribution >= 0.6 is 11.5 Å². The van der Waals surface area contributed by atoms with Gasteiger partial charge in [0.05, 0.1) is 6.54 Å². The Balaban J connectivity index is 1.55. The second kappa shape index (κ2) is 10.1. The zero-order valence-electron chi connectivity index (χ0n) is 18.9. The first-order chi connectivity index (χ1) is 16.7. The Hall–Kier alpha value is -4.01. The summed E-state index contributed by atoms with van der Waals surface area (Å²) < 4.78 is 34.7. The van der Waals surface area contributed by atoms with Crippen LogP contribution in [-0.2, 0) is 21.2 Å². The van der Waals surface area contributed by atoms with Gasteiger partial charge in [-0.05, 0) is 36.8 Å². The highest BCUT2D eigenvalue weighted by atomic mass is 32.2. The number of nitrogens with zero attached hydrogens (tertiary/aromatic N) is 4. The number of ether oxygens (including phenoxy) is 1. The number of fused-ring (bicyclic) bond motifs is 1. The number of aromatic nitrogens is 3. The Bertz CT molecular complexity index is 1580. The van der Waals surface area contributed by atoms with Gasteiger partial charge >= 0.3 is 0 Å². The maximum absolute atomic E-state index is 12.7. The molecule has 9 nitrogen and oxygen atoms in total. The minimum atomic E-state index is -3.60. The number of aryl methyl sites for hydroxylation is 1. The summed E-state index contributed by atoms with van der Waals surface area (Å²) in [4.78, 5) is 16.5. The van der Waals surface area contributed by atoms with E-state index in [1.165, 1.54) is 6.08 Å². The van der Waals surface area contributed by atoms with Gasteiger partial charge in [-0.25, -0.2) is 8.42 Å². The molecule has 0 aliphatic carbocycles. The van der Waals surface area contributed by atoms with Gasteiger partial charge in [0.25, 0.3) is 11.1 Å². The molecule has 0 aliphatic heterocycles. The zero-order valence-corrected chi connectivity index (χ0v) is 20.6. The van der Waals surface area contributed by atoms with E-state index in [1.54, 1.807) is 0 Å². The average molecular weight is 508 g/mol. The van der Waals surface area contributed by atoms with E-state index in [0.29, 0.717) is 18.7 Å². The lowest BCUT2D eigenvalue weighted by molar-refractivity contribution is -0.112. The van der Waals surface area contributed by atoms with Crippen LogP contribution in [0, 0.1) is 18.3 Å². The van der Waals surface area contributed by atoms with E-state index in [9.17, 15) is 18.5 Å². The largest absolute Gasteiger partial charge is 0.492 e. The first-order valence-electron chi connectivity index (χ1n) is 10.5. The number of hydrogen-bond donors (Lipinski definition) is 1. The van der Waals surface area contributed by atoms with Crippen LogP contribution in [0.15, 0.2) is 65.5 Å². The summed E-state index contributed by atoms with van der Waals surface area (Å²) in [5.74, 6) is 0.0871. The molecule has 0 spiro atoms. The van der Waals surface area contributed by atoms with Crippen LogP contribution < -0.4 is 10.1 Å². The van der Waals surface area contributed by atoms with E-state index in [1.807, 2.05) is 72.3 Å². The lowest BCUT2D eigenvalue weighted by atomic mass is 10.1. The molecule has 2 aromatic carbocycles. The van der Waals surface area contributed by atoms with Crippen molar-refractivity contribution in [1.29, 1.82) is 5.26 Å². The molecule has 178 valence electrons. The van der Waals surface area contributed by atoms with Crippen LogP contribution in [-0.4, -0.2) is 41.1 Å². The Morgan fingerprint density at radius 2 is 2.06 bits per heavy atom. The number of nitriles is 1. The summed E-state index contributed by atoms with van der Waals surface area (Å²) in [6, 6.07) is 17.4. The lowest BCUT2D eigenvalue weighted by Gasteiger charge is -2.08. The molecule has 11 heteroatoms. The number of carbonyl (C=O) groups excluding carboxylic acids is 1. The summed E-state index contributed by atoms with van der Waals surface area (Å²) in [5.41, 5.74) is 2.59. The molecule has 4 rings (SSSR count). The van der Waals surface area contributed by atoms with Crippen molar-refractivity contribution in [3.63, 3.8) is 0 Å². The van der Waals surface area contributed by atoms with Gasteiger partial charge in [0, 0.05) is 40.5 Å². The highest BCUT2D eigenvalue weighted by molar-refractivity contribution is 7.90. The topological polar surface area (TPSA) is 127 Å². The average Bonchev–Trinajstić information content (AvgIpc) is 3.43. The number of anilines is 1. The maximum atomic E-state index is 12.7. The molecule has 0 aliphatic rings. The highest BCUT2D eigenvalue weighted by Crippen LogP contribution is 2.24. The van der Waals surface area contributed by atoms with Crippen LogP contribution in [0.5, 0.6) is 5.75 Å². The normalized spacial score (nSPS) is 11.9. The molecule has 0 saturated heterocycles. The van der Waals surface area contributed by atoms with Crippen molar-refractivity contribution in [3.05, 3.63) is 71.4 Å². The quantitative estimate of drug-likeness (QED) is 0.284. The van der Waals surface area contributed by atoms with E-state index < -0.39 is 15.7 Å². The number of carbonyl (C=O) groups is 1. The molecular weight excluding hydrogens is 486 g/mol. The minimum absolute atomic E-state index is 0.00713. The van der Waals surface area contributed by atoms with Crippen molar-refractivity contribution in [1.82, 2.24) is 13.9 Å². The predicted molar refractivity (Wildman–Crippen MR) is 134 cm³/mol. The van der Waals surface area contributed by atoms with Gasteiger partial charge < -0.3 is 9.30 Å². The van der Waals surface area contributed by atoms with Gasteiger partial charge in [-0.15, -0.1) is 0 Å². The molecule has 0 saturated carbocycles. The van der Waals surface area contributed by atoms with E-state index in [4.69, 9.17) is 4.74 Å². The molecule has 0 fully saturated rings. The Kier molecular flexibility index (Phi) is 6.95. The molecule has 1 amide bonds. The van der Waals surface area contributed by atoms with Crippen LogP contribution in [0.2, 0.25) is 0 Å². The molecule has 0 bridgehead atoms. The number of para-hydroxylation sites is 1. The Morgan fingerprint density at radius 1 is 1.26 bits per heavy atom. The van der Waals surface area contributed by atoms with Crippen molar-refractivity contribution in [3.8, 4) is 11.8 Å². The second-order valence-corrected chi connectivity index (χ2v) is 10.4. The first kappa shape index (κ1) is 24.1. The second-order valence-electron chi connectivity index (χ2n) is 7.74. The standard InChI is InChI=1S/C24H21N5O4S2/c1-16-6-5-7-19(12-16)33-11-10-29-15-18(20-8-3-4-9-21(20)29)13-17(14-25)22(30)26-23-27-24(28-34-23)35(2,31)32/h3-9,12-13,15H,10-11H2,1-2H3,(H,26,27,28,30)/b17-13-. The number of amides is 1. The van der Waals surface area contributed by atoms with Crippen molar-refractivity contribution in [2.45, 2.75) is 18.6 Å². The Morgan fingerprint density at radius 3 is 2.77 bits per heavy atom. The lowest BCUT2D eigenvalue weighted by Crippen LogP contribution is -2.13. The molecule has 2 heterocycles. The fraction of sp³-hybridized carbons (Fsp3) is 0.167. The predicted octanol–water partition coefficient (Wildman–Crippen LogP) is 3.83. The summed E-state index contributed by atoms with van der Waals surface area (Å²) >= 11 is 0.727. The SMILES string of the molecule is Cc1cccc(OCCn2cc(/C=C(/C#N)C(=O)Nc3nc(S(C)(=O)=O)ns3)c3ccccc32)c1. The fourth-order valence-corrected chi connectivity index (χ4v) is 4.86. The number of sulfone groups is 1. The summed E-state index contributed by atoms with van der Waals surface area (Å²) in [6.07, 6.45) is 4.33. The number of hydrogen-bond acceptors (Lipinski definition) is 8. The third-order valence-corrected chi connectivity index (χ3v) is 6.63. The van der Waals surface area contributed by atoms with Gasteiger partial charge in [0.2, 0.25) is 15.0 Å². The molecule has 0 atom stereocenters. The number of rotatable bonds is 8. The molecule has 1 N–H and O–H groups in total. The van der Waals surface area contributed by atoms with E-state index >= 15 is 0 Å². The number of benzene rings is 2. The van der Waals surface area contributed by atoms with Crippen LogP contribution in [0.25, 0.3) is 17.0 Å². The van der Waals surface area contributed by atoms with E-state index in [-0.39, 0.29) is 15.9 Å². The van der Waals surface area contributed by atoms with Gasteiger partial charge in [0.15, 0.2) is 0 Å². The first-order valence-corrected chi connectivity index (χ1v) is 13.2. The van der Waals surface area contributed by atoms with Crippen molar-refractivity contribution >= 4 is 49.4 Å². The summed E-state index contributed by atoms with van der Waals surface area (Å²) in [6.45, 7) is 3.01. The van der Waals surface area contributed by atoms with Crippen molar-refractivity contribution in [2.75, 3.05) is 18.2 Å². The van der Waals surface area contributed by atoms with E-state index in [2.05, 4.69) is 14.7 Å². The van der Waals surface area contributed by atoms with Crippen molar-refractivity contribution in [2.24, 2.45) is 0 Å². The number of nitrogens with one attached hydrogen (secondary N) is 1. The molecular formula is C24H21N5O4S2. The van der Waals surface area contributed by atoms with Gasteiger partial charge in [-0.2, -0.15) is 14.6 Å². The Labute approximate surface area is 206 Å². The zero-order chi connectivity index (χ0) is 25.0. The van der Waals surface area contributed by atoms with Crippen molar-refractivity contribution < 1.29 is 17.9 Å². The summed E-state index contributed by atoms with van der Waals surface area (Å²) in [7, 11) is -3.60. The summed E-state index contributed by atoms with van der Waals surface area (Å²) in [5, 5.41) is 12.5. The third-order valence-electron chi connectivity index (χ3n) is 5.03. The van der Waals surface area contributed by atoms with Crippen LogP contribution in [0.3, 0.4) is 0 Å². The molecule has 4 aromatic rings. The fourth-order valence-electron chi connectivity index (χ4n) is 3.42. The molecule has 0 unspecified atom stereocenters. The maximum Gasteiger partial charge on any atom is 0.268 e. The van der Waals surface area contributed by atoms with Gasteiger partial charge in [-0.3, -0.25) is 10.1 Å². The van der Waals surface area contributed by atoms with Gasteiger partial charge in [0.1, 0.15) is 24.0 Å². The highest BCUT2D eigenvalue weighted by Gasteiger charge is 2.18. The monoisotopic (exact) mass is 507 g/mol. The smallest absolute Gasteiger partial charge is 0.268 e. The molecule has 35 heavy (non-hydrogen) atoms. The van der Waals surface area contributed by atoms with Crippen LogP contribution in [0.1, 0.15) is 11.1 Å². The molecule has 0 radical (unpaired) electrons. The molecule has 2 aromatic heterocycles.